The molecule has 1 saturated heterocycles. The van der Waals surface area contributed by atoms with Crippen LogP contribution in [0.25, 0.3) is 0 Å². The molecule has 1 aliphatic heterocycles. The second-order valence-corrected chi connectivity index (χ2v) is 4.04. The summed E-state index contributed by atoms with van der Waals surface area (Å²) in [7, 11) is 0. The van der Waals surface area contributed by atoms with Gasteiger partial charge in [0.1, 0.15) is 18.2 Å². The van der Waals surface area contributed by atoms with E-state index in [1.54, 1.807) is 6.07 Å². The third-order valence-corrected chi connectivity index (χ3v) is 2.79. The number of halogens is 1. The molecule has 0 aliphatic carbocycles. The van der Waals surface area contributed by atoms with Gasteiger partial charge in [-0.2, -0.15) is 0 Å². The molecular weight excluding hydrogens is 239 g/mol. The Hall–Kier alpha value is -1.82. The topological polar surface area (TPSA) is 77.1 Å². The third-order valence-electron chi connectivity index (χ3n) is 2.79. The summed E-state index contributed by atoms with van der Waals surface area (Å²) in [5.41, 5.74) is 5.40. The fourth-order valence-corrected chi connectivity index (χ4v) is 1.88. The minimum atomic E-state index is -0.588. The normalized spacial score (nSPS) is 20.1. The van der Waals surface area contributed by atoms with Crippen molar-refractivity contribution in [1.82, 2.24) is 0 Å². The van der Waals surface area contributed by atoms with Crippen molar-refractivity contribution in [2.45, 2.75) is 18.9 Å². The van der Waals surface area contributed by atoms with Crippen molar-refractivity contribution in [2.75, 3.05) is 13.2 Å². The summed E-state index contributed by atoms with van der Waals surface area (Å²) < 4.78 is 24.5. The Morgan fingerprint density at radius 2 is 2.44 bits per heavy atom. The number of oxime groups is 1. The van der Waals surface area contributed by atoms with Crippen LogP contribution >= 0.6 is 0 Å². The fraction of sp³-hybridized carbons (Fsp3) is 0.417. The Kier molecular flexibility index (Phi) is 3.99. The Bertz CT molecular complexity index is 445. The first-order valence-corrected chi connectivity index (χ1v) is 5.73. The highest BCUT2D eigenvalue weighted by atomic mass is 19.1. The van der Waals surface area contributed by atoms with E-state index in [4.69, 9.17) is 20.4 Å². The maximum absolute atomic E-state index is 13.6. The van der Waals surface area contributed by atoms with E-state index in [9.17, 15) is 4.39 Å². The van der Waals surface area contributed by atoms with Crippen LogP contribution in [-0.4, -0.2) is 30.4 Å². The molecule has 2 rings (SSSR count). The van der Waals surface area contributed by atoms with Crippen LogP contribution in [0.3, 0.4) is 0 Å². The minimum Gasteiger partial charge on any atom is -0.490 e. The van der Waals surface area contributed by atoms with Gasteiger partial charge in [-0.15, -0.1) is 0 Å². The molecule has 1 atom stereocenters. The van der Waals surface area contributed by atoms with E-state index in [2.05, 4.69) is 5.16 Å². The molecule has 0 amide bonds. The zero-order valence-corrected chi connectivity index (χ0v) is 9.80. The van der Waals surface area contributed by atoms with Crippen LogP contribution < -0.4 is 10.5 Å². The summed E-state index contributed by atoms with van der Waals surface area (Å²) in [6.07, 6.45) is 1.95. The quantitative estimate of drug-likeness (QED) is 0.369. The Morgan fingerprint density at radius 3 is 3.11 bits per heavy atom. The van der Waals surface area contributed by atoms with Crippen molar-refractivity contribution in [3.8, 4) is 5.75 Å². The van der Waals surface area contributed by atoms with Gasteiger partial charge in [0.25, 0.3) is 0 Å². The summed E-state index contributed by atoms with van der Waals surface area (Å²) in [6.45, 7) is 1.05. The van der Waals surface area contributed by atoms with Gasteiger partial charge in [0.15, 0.2) is 5.84 Å². The van der Waals surface area contributed by atoms with Gasteiger partial charge in [0.2, 0.25) is 0 Å². The smallest absolute Gasteiger partial charge is 0.176 e. The molecular formula is C12H15FN2O3. The lowest BCUT2D eigenvalue weighted by Gasteiger charge is -2.14. The maximum Gasteiger partial charge on any atom is 0.176 e. The number of nitrogens with zero attached hydrogens (tertiary/aromatic N) is 1. The number of hydrogen-bond donors (Lipinski definition) is 2. The van der Waals surface area contributed by atoms with Crippen LogP contribution in [-0.2, 0) is 4.74 Å². The lowest BCUT2D eigenvalue weighted by atomic mass is 10.1. The highest BCUT2D eigenvalue weighted by molar-refractivity contribution is 5.99. The van der Waals surface area contributed by atoms with Crippen LogP contribution in [0.4, 0.5) is 4.39 Å². The van der Waals surface area contributed by atoms with E-state index in [0.29, 0.717) is 6.61 Å². The van der Waals surface area contributed by atoms with Gasteiger partial charge in [-0.3, -0.25) is 0 Å². The standard InChI is InChI=1S/C12H15FN2O3/c13-9-4-1-5-10(11(9)12(14)15-16)18-7-8-3-2-6-17-8/h1,4-5,8,16H,2-3,6-7H2,(H2,14,15). The average Bonchev–Trinajstić information content (AvgIpc) is 2.88. The zero-order valence-electron chi connectivity index (χ0n) is 9.80. The first-order chi connectivity index (χ1) is 8.72. The average molecular weight is 254 g/mol. The van der Waals surface area contributed by atoms with Crippen molar-refractivity contribution >= 4 is 5.84 Å². The summed E-state index contributed by atoms with van der Waals surface area (Å²) in [4.78, 5) is 0. The van der Waals surface area contributed by atoms with E-state index < -0.39 is 5.82 Å². The van der Waals surface area contributed by atoms with E-state index in [1.165, 1.54) is 12.1 Å². The van der Waals surface area contributed by atoms with Gasteiger partial charge in [-0.25, -0.2) is 4.39 Å². The SMILES string of the molecule is NC(=NO)c1c(F)cccc1OCC1CCCO1. The number of ether oxygens (including phenoxy) is 2. The largest absolute Gasteiger partial charge is 0.490 e. The molecule has 5 nitrogen and oxygen atoms in total. The first-order valence-electron chi connectivity index (χ1n) is 5.73. The van der Waals surface area contributed by atoms with Gasteiger partial charge in [-0.1, -0.05) is 11.2 Å². The number of amidine groups is 1. The second kappa shape index (κ2) is 5.68. The van der Waals surface area contributed by atoms with Crippen LogP contribution in [0.15, 0.2) is 23.4 Å². The van der Waals surface area contributed by atoms with Crippen LogP contribution in [0.1, 0.15) is 18.4 Å². The van der Waals surface area contributed by atoms with E-state index in [-0.39, 0.29) is 23.3 Å². The fourth-order valence-electron chi connectivity index (χ4n) is 1.88. The third kappa shape index (κ3) is 2.70. The minimum absolute atomic E-state index is 0.0217. The van der Waals surface area contributed by atoms with Gasteiger partial charge in [-0.05, 0) is 25.0 Å². The molecule has 0 radical (unpaired) electrons. The van der Waals surface area contributed by atoms with E-state index in [1.807, 2.05) is 0 Å². The Balaban J connectivity index is 2.13. The summed E-state index contributed by atoms with van der Waals surface area (Å²) >= 11 is 0. The van der Waals surface area contributed by atoms with E-state index in [0.717, 1.165) is 19.4 Å². The predicted molar refractivity (Wildman–Crippen MR) is 63.4 cm³/mol. The predicted octanol–water partition coefficient (Wildman–Crippen LogP) is 1.48. The summed E-state index contributed by atoms with van der Waals surface area (Å²) in [6, 6.07) is 4.31. The monoisotopic (exact) mass is 254 g/mol. The molecule has 1 unspecified atom stereocenters. The van der Waals surface area contributed by atoms with Crippen molar-refractivity contribution in [3.63, 3.8) is 0 Å². The molecule has 1 heterocycles. The Morgan fingerprint density at radius 1 is 1.61 bits per heavy atom. The van der Waals surface area contributed by atoms with Gasteiger partial charge < -0.3 is 20.4 Å². The molecule has 3 N–H and O–H groups in total. The summed E-state index contributed by atoms with van der Waals surface area (Å²) in [5.74, 6) is -0.647. The first kappa shape index (κ1) is 12.6. The zero-order chi connectivity index (χ0) is 13.0. The second-order valence-electron chi connectivity index (χ2n) is 4.04. The molecule has 0 saturated carbocycles. The lowest BCUT2D eigenvalue weighted by molar-refractivity contribution is 0.0677. The molecule has 1 aromatic rings. The van der Waals surface area contributed by atoms with Crippen molar-refractivity contribution in [3.05, 3.63) is 29.6 Å². The molecule has 1 aliphatic rings. The molecule has 1 fully saturated rings. The maximum atomic E-state index is 13.6. The van der Waals surface area contributed by atoms with E-state index >= 15 is 0 Å². The van der Waals surface area contributed by atoms with Crippen molar-refractivity contribution < 1.29 is 19.1 Å². The highest BCUT2D eigenvalue weighted by Crippen LogP contribution is 2.22. The highest BCUT2D eigenvalue weighted by Gasteiger charge is 2.19. The molecule has 0 bridgehead atoms. The van der Waals surface area contributed by atoms with Gasteiger partial charge >= 0.3 is 0 Å². The van der Waals surface area contributed by atoms with Gasteiger partial charge in [0, 0.05) is 6.61 Å². The molecule has 98 valence electrons. The molecule has 0 spiro atoms. The van der Waals surface area contributed by atoms with Crippen molar-refractivity contribution in [1.29, 1.82) is 0 Å². The number of hydrogen-bond acceptors (Lipinski definition) is 4. The molecule has 0 aromatic heterocycles. The van der Waals surface area contributed by atoms with Crippen molar-refractivity contribution in [2.24, 2.45) is 10.9 Å². The number of rotatable bonds is 4. The molecule has 18 heavy (non-hydrogen) atoms. The van der Waals surface area contributed by atoms with Crippen LogP contribution in [0.2, 0.25) is 0 Å². The molecule has 1 aromatic carbocycles. The number of benzene rings is 1. The lowest BCUT2D eigenvalue weighted by Crippen LogP contribution is -2.20. The Labute approximate surface area is 104 Å². The van der Waals surface area contributed by atoms with Crippen LogP contribution in [0, 0.1) is 5.82 Å². The van der Waals surface area contributed by atoms with Gasteiger partial charge in [0.05, 0.1) is 11.7 Å². The summed E-state index contributed by atoms with van der Waals surface area (Å²) in [5, 5.41) is 11.4. The number of nitrogens with two attached hydrogens (primary N) is 1. The van der Waals surface area contributed by atoms with Crippen LogP contribution in [0.5, 0.6) is 5.75 Å². The molecule has 6 heteroatoms.